The van der Waals surface area contributed by atoms with Gasteiger partial charge in [-0.3, -0.25) is 14.7 Å². The van der Waals surface area contributed by atoms with Crippen LogP contribution < -0.4 is 0 Å². The van der Waals surface area contributed by atoms with Crippen LogP contribution in [0, 0.1) is 10.1 Å². The summed E-state index contributed by atoms with van der Waals surface area (Å²) in [5, 5.41) is 20.9. The Morgan fingerprint density at radius 2 is 2.00 bits per heavy atom. The van der Waals surface area contributed by atoms with Gasteiger partial charge in [0.05, 0.1) is 4.92 Å². The van der Waals surface area contributed by atoms with E-state index >= 15 is 0 Å². The Kier molecular flexibility index (Phi) is 4.07. The Labute approximate surface area is 93.4 Å². The fraction of sp³-hybridized carbons (Fsp3) is 1.00. The summed E-state index contributed by atoms with van der Waals surface area (Å²) in [6.45, 7) is 0. The molecule has 1 N–H and O–H groups in total. The van der Waals surface area contributed by atoms with Gasteiger partial charge in [0.2, 0.25) is 0 Å². The smallest absolute Gasteiger partial charge is 0.330 e. The van der Waals surface area contributed by atoms with Crippen molar-refractivity contribution in [1.82, 2.24) is 0 Å². The van der Waals surface area contributed by atoms with Gasteiger partial charge in [0.15, 0.2) is 5.66 Å². The van der Waals surface area contributed by atoms with E-state index in [1.807, 2.05) is 0 Å². The summed E-state index contributed by atoms with van der Waals surface area (Å²) < 4.78 is 21.6. The average molecular weight is 253 g/mol. The number of hydrogen-bond acceptors (Lipinski definition) is 6. The zero-order valence-electron chi connectivity index (χ0n) is 9.29. The first-order valence-corrected chi connectivity index (χ1v) is 6.60. The molecular formula is C8H16NO6P. The lowest BCUT2D eigenvalue weighted by molar-refractivity contribution is -0.628. The topological polar surface area (TPSA) is 98.9 Å². The molecule has 7 nitrogen and oxygen atoms in total. The van der Waals surface area contributed by atoms with Crippen LogP contribution in [0.15, 0.2) is 0 Å². The van der Waals surface area contributed by atoms with Gasteiger partial charge in [0, 0.05) is 20.6 Å². The first-order chi connectivity index (χ1) is 7.40. The highest BCUT2D eigenvalue weighted by Gasteiger charge is 2.59. The zero-order valence-corrected chi connectivity index (χ0v) is 10.2. The van der Waals surface area contributed by atoms with Gasteiger partial charge >= 0.3 is 13.3 Å². The molecule has 8 heteroatoms. The van der Waals surface area contributed by atoms with E-state index in [0.29, 0.717) is 12.8 Å². The summed E-state index contributed by atoms with van der Waals surface area (Å²) in [4.78, 5) is 10.1. The molecule has 0 radical (unpaired) electrons. The number of rotatable bonds is 4. The molecule has 0 heterocycles. The summed E-state index contributed by atoms with van der Waals surface area (Å²) in [7, 11) is -1.29. The van der Waals surface area contributed by atoms with Crippen LogP contribution in [0.4, 0.5) is 0 Å². The number of nitrogens with zero attached hydrogens (tertiary/aromatic N) is 1. The minimum atomic E-state index is -3.62. The second-order valence-electron chi connectivity index (χ2n) is 3.80. The van der Waals surface area contributed by atoms with Crippen LogP contribution in [-0.4, -0.2) is 35.6 Å². The minimum Gasteiger partial charge on any atom is -0.330 e. The Morgan fingerprint density at radius 1 is 1.44 bits per heavy atom. The van der Waals surface area contributed by atoms with Gasteiger partial charge in [-0.15, -0.1) is 0 Å². The maximum absolute atomic E-state index is 12.1. The van der Waals surface area contributed by atoms with Gasteiger partial charge < -0.3 is 14.2 Å². The summed E-state index contributed by atoms with van der Waals surface area (Å²) in [5.74, 6) is 0. The second-order valence-corrected chi connectivity index (χ2v) is 6.24. The second kappa shape index (κ2) is 4.79. The van der Waals surface area contributed by atoms with Gasteiger partial charge in [-0.05, 0) is 12.8 Å². The van der Waals surface area contributed by atoms with E-state index in [9.17, 15) is 19.8 Å². The molecule has 0 aromatic carbocycles. The lowest BCUT2D eigenvalue weighted by Crippen LogP contribution is -2.51. The molecule has 1 rings (SSSR count). The van der Waals surface area contributed by atoms with Gasteiger partial charge in [0.25, 0.3) is 0 Å². The quantitative estimate of drug-likeness (QED) is 0.351. The maximum atomic E-state index is 12.1. The molecule has 0 bridgehead atoms. The van der Waals surface area contributed by atoms with Crippen molar-refractivity contribution in [3.63, 3.8) is 0 Å². The molecular weight excluding hydrogens is 237 g/mol. The highest BCUT2D eigenvalue weighted by Crippen LogP contribution is 2.59. The molecule has 1 aliphatic rings. The SMILES string of the molecule is COP(=O)(OC)C1CCCCC1(O)[N+](=O)[O-]. The molecule has 0 saturated heterocycles. The zero-order chi connectivity index (χ0) is 12.4. The van der Waals surface area contributed by atoms with Crippen molar-refractivity contribution in [2.75, 3.05) is 14.2 Å². The molecule has 1 aliphatic carbocycles. The van der Waals surface area contributed by atoms with Crippen LogP contribution in [-0.2, 0) is 13.6 Å². The van der Waals surface area contributed by atoms with Crippen LogP contribution in [0.5, 0.6) is 0 Å². The summed E-state index contributed by atoms with van der Waals surface area (Å²) >= 11 is 0. The third-order valence-corrected chi connectivity index (χ3v) is 5.47. The van der Waals surface area contributed by atoms with Gasteiger partial charge in [0.1, 0.15) is 0 Å². The molecule has 1 saturated carbocycles. The molecule has 0 aromatic rings. The molecule has 2 unspecified atom stereocenters. The Balaban J connectivity index is 3.08. The number of hydrogen-bond donors (Lipinski definition) is 1. The number of nitro groups is 1. The van der Waals surface area contributed by atoms with E-state index in [2.05, 4.69) is 0 Å². The third kappa shape index (κ3) is 2.13. The van der Waals surface area contributed by atoms with Crippen molar-refractivity contribution in [2.24, 2.45) is 0 Å². The van der Waals surface area contributed by atoms with Crippen LogP contribution in [0.3, 0.4) is 0 Å². The van der Waals surface area contributed by atoms with Crippen molar-refractivity contribution in [3.8, 4) is 0 Å². The summed E-state index contributed by atoms with van der Waals surface area (Å²) in [5.41, 5.74) is -3.31. The van der Waals surface area contributed by atoms with E-state index in [-0.39, 0.29) is 12.8 Å². The Bertz CT molecular complexity index is 314. The molecule has 2 atom stereocenters. The molecule has 0 amide bonds. The fourth-order valence-electron chi connectivity index (χ4n) is 2.07. The van der Waals surface area contributed by atoms with Gasteiger partial charge in [-0.1, -0.05) is 6.42 Å². The van der Waals surface area contributed by atoms with E-state index in [1.54, 1.807) is 0 Å². The summed E-state index contributed by atoms with van der Waals surface area (Å²) in [6, 6.07) is 0. The summed E-state index contributed by atoms with van der Waals surface area (Å²) in [6.07, 6.45) is 1.43. The Morgan fingerprint density at radius 3 is 2.44 bits per heavy atom. The van der Waals surface area contributed by atoms with Crippen LogP contribution >= 0.6 is 7.60 Å². The van der Waals surface area contributed by atoms with E-state index < -0.39 is 23.9 Å². The van der Waals surface area contributed by atoms with Crippen LogP contribution in [0.1, 0.15) is 25.7 Å². The normalized spacial score (nSPS) is 31.3. The standard InChI is InChI=1S/C8H16NO6P/c1-14-16(13,15-2)7-5-3-4-6-8(7,10)9(11)12/h7,10H,3-6H2,1-2H3. The molecule has 0 aromatic heterocycles. The predicted octanol–water partition coefficient (Wildman–Crippen LogP) is 1.38. The van der Waals surface area contributed by atoms with Crippen molar-refractivity contribution < 1.29 is 23.6 Å². The Hall–Kier alpha value is -0.490. The largest absolute Gasteiger partial charge is 0.343 e. The van der Waals surface area contributed by atoms with Crippen LogP contribution in [0.2, 0.25) is 0 Å². The molecule has 16 heavy (non-hydrogen) atoms. The maximum Gasteiger partial charge on any atom is 0.343 e. The van der Waals surface area contributed by atoms with E-state index in [0.717, 1.165) is 0 Å². The minimum absolute atomic E-state index is 0.0264. The van der Waals surface area contributed by atoms with Gasteiger partial charge in [-0.2, -0.15) is 0 Å². The van der Waals surface area contributed by atoms with Crippen molar-refractivity contribution in [1.29, 1.82) is 0 Å². The highest BCUT2D eigenvalue weighted by atomic mass is 31.2. The predicted molar refractivity (Wildman–Crippen MR) is 55.8 cm³/mol. The van der Waals surface area contributed by atoms with E-state index in [1.165, 1.54) is 14.2 Å². The molecule has 1 fully saturated rings. The first-order valence-electron chi connectivity index (χ1n) is 4.99. The third-order valence-electron chi connectivity index (χ3n) is 3.01. The van der Waals surface area contributed by atoms with E-state index in [4.69, 9.17) is 9.05 Å². The number of aliphatic hydroxyl groups is 1. The van der Waals surface area contributed by atoms with Crippen molar-refractivity contribution in [2.45, 2.75) is 37.1 Å². The molecule has 94 valence electrons. The first kappa shape index (κ1) is 13.6. The average Bonchev–Trinajstić information content (AvgIpc) is 2.28. The lowest BCUT2D eigenvalue weighted by atomic mass is 9.92. The lowest BCUT2D eigenvalue weighted by Gasteiger charge is -2.34. The van der Waals surface area contributed by atoms with Crippen molar-refractivity contribution in [3.05, 3.63) is 10.1 Å². The molecule has 0 spiro atoms. The molecule has 0 aliphatic heterocycles. The fourth-order valence-corrected chi connectivity index (χ4v) is 3.96. The van der Waals surface area contributed by atoms with Crippen LogP contribution in [0.25, 0.3) is 0 Å². The van der Waals surface area contributed by atoms with Crippen molar-refractivity contribution >= 4 is 7.60 Å². The monoisotopic (exact) mass is 253 g/mol. The van der Waals surface area contributed by atoms with Gasteiger partial charge in [-0.25, -0.2) is 0 Å². The highest BCUT2D eigenvalue weighted by molar-refractivity contribution is 7.54.